The molecule has 1 aliphatic carbocycles. The molecular weight excluding hydrogens is 388 g/mol. The molecule has 3 atom stereocenters. The Balaban J connectivity index is 1.82. The Bertz CT molecular complexity index is 929. The molecule has 8 heteroatoms. The molecule has 158 valence electrons. The van der Waals surface area contributed by atoms with Crippen LogP contribution in [-0.4, -0.2) is 21.9 Å². The van der Waals surface area contributed by atoms with Crippen LogP contribution in [0.5, 0.6) is 0 Å². The molecule has 0 saturated heterocycles. The van der Waals surface area contributed by atoms with Crippen LogP contribution < -0.4 is 0 Å². The van der Waals surface area contributed by atoms with Crippen molar-refractivity contribution in [2.75, 3.05) is 0 Å². The van der Waals surface area contributed by atoms with Gasteiger partial charge < -0.3 is 4.74 Å². The van der Waals surface area contributed by atoms with Crippen molar-refractivity contribution in [3.8, 4) is 0 Å². The second kappa shape index (κ2) is 8.61. The average molecular weight is 412 g/mol. The van der Waals surface area contributed by atoms with E-state index in [1.54, 1.807) is 6.92 Å². The van der Waals surface area contributed by atoms with Crippen molar-refractivity contribution < 1.29 is 19.4 Å². The summed E-state index contributed by atoms with van der Waals surface area (Å²) in [6.07, 6.45) is 3.32. The lowest BCUT2D eigenvalue weighted by atomic mass is 9.69. The van der Waals surface area contributed by atoms with Crippen LogP contribution in [0.2, 0.25) is 0 Å². The molecule has 1 saturated carbocycles. The molecule has 1 unspecified atom stereocenters. The first-order valence-corrected chi connectivity index (χ1v) is 9.93. The monoisotopic (exact) mass is 412 g/mol. The molecule has 30 heavy (non-hydrogen) atoms. The van der Waals surface area contributed by atoms with E-state index >= 15 is 0 Å². The summed E-state index contributed by atoms with van der Waals surface area (Å²) < 4.78 is 5.58. The van der Waals surface area contributed by atoms with Crippen molar-refractivity contribution in [2.45, 2.75) is 51.0 Å². The maximum Gasteiger partial charge on any atom is 0.338 e. The van der Waals surface area contributed by atoms with Gasteiger partial charge in [0, 0.05) is 17.5 Å². The van der Waals surface area contributed by atoms with Crippen LogP contribution in [0.25, 0.3) is 0 Å². The largest absolute Gasteiger partial charge is 0.459 e. The fourth-order valence-electron chi connectivity index (χ4n) is 4.60. The molecule has 0 amide bonds. The van der Waals surface area contributed by atoms with E-state index in [1.165, 1.54) is 5.56 Å². The molecule has 0 aromatic heterocycles. The number of hydrogen-bond acceptors (Lipinski definition) is 6. The van der Waals surface area contributed by atoms with Crippen LogP contribution in [-0.2, 0) is 10.2 Å². The SMILES string of the molecule is CC1CCC[C@@]1(C[C@H](C)OC(=O)c1cc([N+](=O)[O-])cc([N+](=O)[O-])c1)c1ccccc1. The van der Waals surface area contributed by atoms with E-state index in [-0.39, 0.29) is 11.0 Å². The quantitative estimate of drug-likeness (QED) is 0.351. The van der Waals surface area contributed by atoms with Crippen molar-refractivity contribution in [2.24, 2.45) is 5.92 Å². The maximum absolute atomic E-state index is 12.6. The summed E-state index contributed by atoms with van der Waals surface area (Å²) in [6, 6.07) is 13.0. The van der Waals surface area contributed by atoms with Gasteiger partial charge in [-0.1, -0.05) is 43.7 Å². The first-order chi connectivity index (χ1) is 14.2. The second-order valence-electron chi connectivity index (χ2n) is 7.99. The lowest BCUT2D eigenvalue weighted by Gasteiger charge is -2.36. The van der Waals surface area contributed by atoms with Gasteiger partial charge in [-0.3, -0.25) is 20.2 Å². The Hall–Kier alpha value is -3.29. The van der Waals surface area contributed by atoms with Gasteiger partial charge in [0.25, 0.3) is 11.4 Å². The van der Waals surface area contributed by atoms with Gasteiger partial charge in [-0.25, -0.2) is 4.79 Å². The number of esters is 1. The van der Waals surface area contributed by atoms with Crippen LogP contribution in [0, 0.1) is 26.1 Å². The van der Waals surface area contributed by atoms with E-state index in [4.69, 9.17) is 4.74 Å². The van der Waals surface area contributed by atoms with Gasteiger partial charge in [-0.05, 0) is 37.7 Å². The number of rotatable bonds is 7. The summed E-state index contributed by atoms with van der Waals surface area (Å²) in [6.45, 7) is 4.00. The van der Waals surface area contributed by atoms with E-state index in [0.717, 1.165) is 37.5 Å². The van der Waals surface area contributed by atoms with Crippen LogP contribution >= 0.6 is 0 Å². The molecule has 0 radical (unpaired) electrons. The zero-order valence-corrected chi connectivity index (χ0v) is 16.9. The predicted molar refractivity (Wildman–Crippen MR) is 110 cm³/mol. The lowest BCUT2D eigenvalue weighted by molar-refractivity contribution is -0.394. The molecule has 3 rings (SSSR count). The van der Waals surface area contributed by atoms with Gasteiger partial charge >= 0.3 is 5.97 Å². The topological polar surface area (TPSA) is 113 Å². The Morgan fingerprint density at radius 1 is 1.13 bits per heavy atom. The van der Waals surface area contributed by atoms with Crippen LogP contribution in [0.15, 0.2) is 48.5 Å². The fraction of sp³-hybridized carbons (Fsp3) is 0.409. The zero-order valence-electron chi connectivity index (χ0n) is 16.9. The molecule has 0 aliphatic heterocycles. The molecule has 0 N–H and O–H groups in total. The Labute approximate surface area is 174 Å². The average Bonchev–Trinajstić information content (AvgIpc) is 3.09. The molecule has 2 aromatic carbocycles. The molecule has 1 aliphatic rings. The third kappa shape index (κ3) is 4.32. The van der Waals surface area contributed by atoms with Crippen LogP contribution in [0.4, 0.5) is 11.4 Å². The summed E-state index contributed by atoms with van der Waals surface area (Å²) in [5.41, 5.74) is -0.141. The third-order valence-electron chi connectivity index (χ3n) is 6.07. The summed E-state index contributed by atoms with van der Waals surface area (Å²) >= 11 is 0. The van der Waals surface area contributed by atoms with Gasteiger partial charge in [0.15, 0.2) is 0 Å². The number of nitro benzene ring substituents is 2. The zero-order chi connectivity index (χ0) is 21.9. The summed E-state index contributed by atoms with van der Waals surface area (Å²) in [5, 5.41) is 22.1. The third-order valence-corrected chi connectivity index (χ3v) is 6.07. The number of carbonyl (C=O) groups excluding carboxylic acids is 1. The van der Waals surface area contributed by atoms with Crippen molar-refractivity contribution in [3.63, 3.8) is 0 Å². The number of benzene rings is 2. The van der Waals surface area contributed by atoms with Crippen LogP contribution in [0.1, 0.15) is 55.5 Å². The number of non-ortho nitro benzene ring substituents is 2. The van der Waals surface area contributed by atoms with E-state index in [0.29, 0.717) is 12.3 Å². The van der Waals surface area contributed by atoms with E-state index in [1.807, 2.05) is 18.2 Å². The maximum atomic E-state index is 12.6. The lowest BCUT2D eigenvalue weighted by Crippen LogP contribution is -2.34. The smallest absolute Gasteiger partial charge is 0.338 e. The summed E-state index contributed by atoms with van der Waals surface area (Å²) in [4.78, 5) is 33.2. The van der Waals surface area contributed by atoms with E-state index in [9.17, 15) is 25.0 Å². The predicted octanol–water partition coefficient (Wildman–Crippen LogP) is 5.20. The highest BCUT2D eigenvalue weighted by Crippen LogP contribution is 2.49. The number of hydrogen-bond donors (Lipinski definition) is 0. The number of nitro groups is 2. The molecule has 2 aromatic rings. The molecule has 0 heterocycles. The minimum atomic E-state index is -0.803. The highest BCUT2D eigenvalue weighted by molar-refractivity contribution is 5.91. The molecule has 8 nitrogen and oxygen atoms in total. The van der Waals surface area contributed by atoms with E-state index in [2.05, 4.69) is 19.1 Å². The summed E-state index contributed by atoms with van der Waals surface area (Å²) in [7, 11) is 0. The van der Waals surface area contributed by atoms with Crippen molar-refractivity contribution >= 4 is 17.3 Å². The van der Waals surface area contributed by atoms with Crippen LogP contribution in [0.3, 0.4) is 0 Å². The number of carbonyl (C=O) groups is 1. The Kier molecular flexibility index (Phi) is 6.14. The van der Waals surface area contributed by atoms with Gasteiger partial charge in [0.05, 0.1) is 21.5 Å². The van der Waals surface area contributed by atoms with E-state index < -0.39 is 33.3 Å². The molecule has 0 bridgehead atoms. The minimum Gasteiger partial charge on any atom is -0.459 e. The number of ether oxygens (including phenoxy) is 1. The molecule has 0 spiro atoms. The molecular formula is C22H24N2O6. The van der Waals surface area contributed by atoms with Gasteiger partial charge in [-0.15, -0.1) is 0 Å². The van der Waals surface area contributed by atoms with Crippen molar-refractivity contribution in [1.29, 1.82) is 0 Å². The van der Waals surface area contributed by atoms with Crippen molar-refractivity contribution in [3.05, 3.63) is 79.9 Å². The normalized spacial score (nSPS) is 21.7. The first-order valence-electron chi connectivity index (χ1n) is 9.93. The Morgan fingerprint density at radius 3 is 2.23 bits per heavy atom. The second-order valence-corrected chi connectivity index (χ2v) is 7.99. The first kappa shape index (κ1) is 21.4. The van der Waals surface area contributed by atoms with Gasteiger partial charge in [-0.2, -0.15) is 0 Å². The standard InChI is InChI=1S/C22H24N2O6/c1-15-7-6-10-22(15,18-8-4-3-5-9-18)14-16(2)30-21(25)17-11-19(23(26)27)13-20(12-17)24(28)29/h3-5,8-9,11-13,15-16H,6-7,10,14H2,1-2H3/t15?,16-,22-/m0/s1. The minimum absolute atomic E-state index is 0.115. The molecule has 1 fully saturated rings. The highest BCUT2D eigenvalue weighted by atomic mass is 16.6. The number of nitrogens with zero attached hydrogens (tertiary/aromatic N) is 2. The Morgan fingerprint density at radius 2 is 1.73 bits per heavy atom. The fourth-order valence-corrected chi connectivity index (χ4v) is 4.60. The highest BCUT2D eigenvalue weighted by Gasteiger charge is 2.43. The van der Waals surface area contributed by atoms with Gasteiger partial charge in [0.1, 0.15) is 6.10 Å². The van der Waals surface area contributed by atoms with Crippen molar-refractivity contribution in [1.82, 2.24) is 0 Å². The summed E-state index contributed by atoms with van der Waals surface area (Å²) in [5.74, 6) is -0.386. The van der Waals surface area contributed by atoms with Gasteiger partial charge in [0.2, 0.25) is 0 Å².